The lowest BCUT2D eigenvalue weighted by Crippen LogP contribution is -2.34. The Morgan fingerprint density at radius 1 is 1.24 bits per heavy atom. The number of carbonyl (C=O) groups is 2. The molecule has 1 N–H and O–H groups in total. The van der Waals surface area contributed by atoms with E-state index in [1.807, 2.05) is 36.1 Å². The maximum atomic E-state index is 11.9. The second-order valence-electron chi connectivity index (χ2n) is 5.89. The summed E-state index contributed by atoms with van der Waals surface area (Å²) in [6, 6.07) is 5.52. The summed E-state index contributed by atoms with van der Waals surface area (Å²) in [5, 5.41) is 2.71. The summed E-state index contributed by atoms with van der Waals surface area (Å²) < 4.78 is 10.8. The van der Waals surface area contributed by atoms with Crippen LogP contribution in [0.2, 0.25) is 0 Å². The standard InChI is InChI=1S/C19H26N2O4/c1-3-6-15-7-8-16(17(13-15)24-2)25-14-18(22)20-10-9-19(23)21-11-4-5-12-21/h3,6-8,13H,4-5,9-12,14H2,1-2H3,(H,20,22). The van der Waals surface area contributed by atoms with Gasteiger partial charge in [-0.15, -0.1) is 0 Å². The third-order valence-electron chi connectivity index (χ3n) is 4.03. The van der Waals surface area contributed by atoms with Crippen LogP contribution in [0.25, 0.3) is 6.08 Å². The number of hydrogen-bond donors (Lipinski definition) is 1. The molecule has 1 aliphatic rings. The van der Waals surface area contributed by atoms with E-state index in [1.54, 1.807) is 13.2 Å². The number of hydrogen-bond acceptors (Lipinski definition) is 4. The zero-order valence-electron chi connectivity index (χ0n) is 14.9. The molecular weight excluding hydrogens is 320 g/mol. The molecule has 0 aromatic heterocycles. The van der Waals surface area contributed by atoms with Crippen LogP contribution < -0.4 is 14.8 Å². The Kier molecular flexibility index (Phi) is 7.32. The van der Waals surface area contributed by atoms with Crippen molar-refractivity contribution in [3.63, 3.8) is 0 Å². The fraction of sp³-hybridized carbons (Fsp3) is 0.474. The summed E-state index contributed by atoms with van der Waals surface area (Å²) in [6.07, 6.45) is 6.36. The van der Waals surface area contributed by atoms with Crippen molar-refractivity contribution in [3.8, 4) is 11.5 Å². The predicted octanol–water partition coefficient (Wildman–Crippen LogP) is 2.24. The van der Waals surface area contributed by atoms with E-state index >= 15 is 0 Å². The average Bonchev–Trinajstić information content (AvgIpc) is 3.15. The smallest absolute Gasteiger partial charge is 0.257 e. The van der Waals surface area contributed by atoms with Gasteiger partial charge in [0.2, 0.25) is 5.91 Å². The first-order valence-electron chi connectivity index (χ1n) is 8.62. The Morgan fingerprint density at radius 3 is 2.68 bits per heavy atom. The van der Waals surface area contributed by atoms with Gasteiger partial charge in [-0.3, -0.25) is 9.59 Å². The van der Waals surface area contributed by atoms with Crippen LogP contribution in [0.3, 0.4) is 0 Å². The second-order valence-corrected chi connectivity index (χ2v) is 5.89. The molecule has 0 aliphatic carbocycles. The zero-order valence-corrected chi connectivity index (χ0v) is 14.9. The van der Waals surface area contributed by atoms with Crippen LogP contribution in [-0.4, -0.2) is 50.1 Å². The Labute approximate surface area is 148 Å². The number of likely N-dealkylation sites (tertiary alicyclic amines) is 1. The molecule has 0 spiro atoms. The molecule has 0 radical (unpaired) electrons. The number of methoxy groups -OCH3 is 1. The normalized spacial score (nSPS) is 13.9. The van der Waals surface area contributed by atoms with E-state index in [1.165, 1.54) is 0 Å². The van der Waals surface area contributed by atoms with Crippen LogP contribution in [0.15, 0.2) is 24.3 Å². The Bertz CT molecular complexity index is 622. The van der Waals surface area contributed by atoms with E-state index in [0.29, 0.717) is 24.5 Å². The summed E-state index contributed by atoms with van der Waals surface area (Å²) >= 11 is 0. The lowest BCUT2D eigenvalue weighted by molar-refractivity contribution is -0.130. The molecule has 0 atom stereocenters. The summed E-state index contributed by atoms with van der Waals surface area (Å²) in [7, 11) is 1.56. The van der Waals surface area contributed by atoms with E-state index in [4.69, 9.17) is 9.47 Å². The van der Waals surface area contributed by atoms with Gasteiger partial charge < -0.3 is 19.7 Å². The fourth-order valence-electron chi connectivity index (χ4n) is 2.73. The van der Waals surface area contributed by atoms with Gasteiger partial charge in [-0.2, -0.15) is 0 Å². The van der Waals surface area contributed by atoms with Gasteiger partial charge in [0.05, 0.1) is 7.11 Å². The van der Waals surface area contributed by atoms with Crippen LogP contribution in [0.4, 0.5) is 0 Å². The van der Waals surface area contributed by atoms with Gasteiger partial charge in [0.15, 0.2) is 18.1 Å². The molecule has 6 nitrogen and oxygen atoms in total. The number of allylic oxidation sites excluding steroid dienone is 1. The number of carbonyl (C=O) groups excluding carboxylic acids is 2. The van der Waals surface area contributed by atoms with Gasteiger partial charge in [-0.25, -0.2) is 0 Å². The van der Waals surface area contributed by atoms with Crippen molar-refractivity contribution in [2.24, 2.45) is 0 Å². The molecule has 1 aromatic carbocycles. The van der Waals surface area contributed by atoms with Gasteiger partial charge in [-0.1, -0.05) is 18.2 Å². The summed E-state index contributed by atoms with van der Waals surface area (Å²) in [6.45, 7) is 3.82. The highest BCUT2D eigenvalue weighted by molar-refractivity contribution is 5.80. The number of amides is 2. The molecule has 136 valence electrons. The molecule has 1 saturated heterocycles. The zero-order chi connectivity index (χ0) is 18.1. The van der Waals surface area contributed by atoms with Crippen molar-refractivity contribution in [2.75, 3.05) is 33.4 Å². The minimum absolute atomic E-state index is 0.0972. The number of ether oxygens (including phenoxy) is 2. The van der Waals surface area contributed by atoms with E-state index in [2.05, 4.69) is 5.32 Å². The minimum Gasteiger partial charge on any atom is -0.493 e. The third kappa shape index (κ3) is 5.81. The van der Waals surface area contributed by atoms with Crippen LogP contribution in [-0.2, 0) is 9.59 Å². The van der Waals surface area contributed by atoms with Crippen molar-refractivity contribution < 1.29 is 19.1 Å². The Morgan fingerprint density at radius 2 is 2.00 bits per heavy atom. The lowest BCUT2D eigenvalue weighted by atomic mass is 10.2. The summed E-state index contributed by atoms with van der Waals surface area (Å²) in [4.78, 5) is 25.6. The summed E-state index contributed by atoms with van der Waals surface area (Å²) in [5.74, 6) is 0.931. The molecule has 0 bridgehead atoms. The molecule has 25 heavy (non-hydrogen) atoms. The van der Waals surface area contributed by atoms with E-state index in [-0.39, 0.29) is 18.4 Å². The molecule has 0 saturated carbocycles. The van der Waals surface area contributed by atoms with Crippen molar-refractivity contribution in [1.29, 1.82) is 0 Å². The molecule has 1 fully saturated rings. The molecule has 6 heteroatoms. The number of benzene rings is 1. The fourth-order valence-corrected chi connectivity index (χ4v) is 2.73. The largest absolute Gasteiger partial charge is 0.493 e. The number of nitrogens with one attached hydrogen (secondary N) is 1. The first-order valence-corrected chi connectivity index (χ1v) is 8.62. The molecule has 1 aliphatic heterocycles. The number of nitrogens with zero attached hydrogens (tertiary/aromatic N) is 1. The molecule has 2 amide bonds. The van der Waals surface area contributed by atoms with Gasteiger partial charge in [0.1, 0.15) is 0 Å². The lowest BCUT2D eigenvalue weighted by Gasteiger charge is -2.15. The first-order chi connectivity index (χ1) is 12.1. The third-order valence-corrected chi connectivity index (χ3v) is 4.03. The first kappa shape index (κ1) is 18.8. The van der Waals surface area contributed by atoms with Crippen molar-refractivity contribution in [2.45, 2.75) is 26.2 Å². The van der Waals surface area contributed by atoms with Crippen LogP contribution in [0, 0.1) is 0 Å². The van der Waals surface area contributed by atoms with E-state index in [9.17, 15) is 9.59 Å². The van der Waals surface area contributed by atoms with E-state index < -0.39 is 0 Å². The van der Waals surface area contributed by atoms with Gasteiger partial charge >= 0.3 is 0 Å². The SMILES string of the molecule is CC=Cc1ccc(OCC(=O)NCCC(=O)N2CCCC2)c(OC)c1. The number of rotatable bonds is 8. The maximum absolute atomic E-state index is 11.9. The van der Waals surface area contributed by atoms with Crippen molar-refractivity contribution in [1.82, 2.24) is 10.2 Å². The Hall–Kier alpha value is -2.50. The minimum atomic E-state index is -0.256. The predicted molar refractivity (Wildman–Crippen MR) is 96.6 cm³/mol. The highest BCUT2D eigenvalue weighted by Gasteiger charge is 2.17. The second kappa shape index (κ2) is 9.71. The average molecular weight is 346 g/mol. The quantitative estimate of drug-likeness (QED) is 0.784. The maximum Gasteiger partial charge on any atom is 0.257 e. The monoisotopic (exact) mass is 346 g/mol. The van der Waals surface area contributed by atoms with Crippen molar-refractivity contribution >= 4 is 17.9 Å². The topological polar surface area (TPSA) is 67.9 Å². The van der Waals surface area contributed by atoms with Crippen LogP contribution in [0.5, 0.6) is 11.5 Å². The molecular formula is C19H26N2O4. The molecule has 2 rings (SSSR count). The van der Waals surface area contributed by atoms with Crippen molar-refractivity contribution in [3.05, 3.63) is 29.8 Å². The van der Waals surface area contributed by atoms with Crippen LogP contribution in [0.1, 0.15) is 31.7 Å². The van der Waals surface area contributed by atoms with Gasteiger partial charge in [-0.05, 0) is 37.5 Å². The summed E-state index contributed by atoms with van der Waals surface area (Å²) in [5.41, 5.74) is 0.997. The van der Waals surface area contributed by atoms with Gasteiger partial charge in [0, 0.05) is 26.1 Å². The molecule has 1 heterocycles. The highest BCUT2D eigenvalue weighted by atomic mass is 16.5. The van der Waals surface area contributed by atoms with E-state index in [0.717, 1.165) is 31.5 Å². The molecule has 1 aromatic rings. The Balaban J connectivity index is 1.74. The van der Waals surface area contributed by atoms with Crippen LogP contribution >= 0.6 is 0 Å². The highest BCUT2D eigenvalue weighted by Crippen LogP contribution is 2.28. The molecule has 0 unspecified atom stereocenters. The van der Waals surface area contributed by atoms with Gasteiger partial charge in [0.25, 0.3) is 5.91 Å².